The zero-order valence-electron chi connectivity index (χ0n) is 13.8. The molecule has 4 aromatic rings. The predicted octanol–water partition coefficient (Wildman–Crippen LogP) is 1.72. The average Bonchev–Trinajstić information content (AvgIpc) is 3.31. The van der Waals surface area contributed by atoms with Crippen LogP contribution in [0.1, 0.15) is 26.5 Å². The van der Waals surface area contributed by atoms with Crippen molar-refractivity contribution in [1.82, 2.24) is 19.9 Å². The van der Waals surface area contributed by atoms with Gasteiger partial charge in [-0.15, -0.1) is 0 Å². The Balaban J connectivity index is 1.59. The minimum atomic E-state index is -0.713. The summed E-state index contributed by atoms with van der Waals surface area (Å²) in [6, 6.07) is 5.49. The van der Waals surface area contributed by atoms with Crippen LogP contribution in [-0.2, 0) is 6.54 Å². The van der Waals surface area contributed by atoms with Gasteiger partial charge in [-0.3, -0.25) is 9.59 Å². The summed E-state index contributed by atoms with van der Waals surface area (Å²) in [4.78, 5) is 28.3. The van der Waals surface area contributed by atoms with E-state index in [1.54, 1.807) is 18.5 Å². The van der Waals surface area contributed by atoms with Gasteiger partial charge in [-0.1, -0.05) is 0 Å². The van der Waals surface area contributed by atoms with E-state index in [0.717, 1.165) is 6.07 Å². The molecular weight excluding hydrogens is 355 g/mol. The number of Topliss-reactive ketones (excluding diaryl/α,β-unsaturated/α-hetero) is 1. The second kappa shape index (κ2) is 6.61. The van der Waals surface area contributed by atoms with Crippen LogP contribution in [0, 0.1) is 5.82 Å². The van der Waals surface area contributed by atoms with Crippen molar-refractivity contribution in [3.05, 3.63) is 65.6 Å². The molecule has 2 N–H and O–H groups in total. The Morgan fingerprint density at radius 3 is 2.96 bits per heavy atom. The second-order valence-electron chi connectivity index (χ2n) is 5.76. The maximum absolute atomic E-state index is 14.0. The molecule has 0 bridgehead atoms. The summed E-state index contributed by atoms with van der Waals surface area (Å²) in [7, 11) is 0. The number of aliphatic hydroxyl groups excluding tert-OH is 1. The van der Waals surface area contributed by atoms with Crippen LogP contribution in [0.2, 0.25) is 0 Å². The highest BCUT2D eigenvalue weighted by Gasteiger charge is 2.18. The van der Waals surface area contributed by atoms with Crippen LogP contribution in [-0.4, -0.2) is 38.0 Å². The molecular formula is C18H13FN4O4. The third-order valence-corrected chi connectivity index (χ3v) is 4.07. The van der Waals surface area contributed by atoms with Crippen molar-refractivity contribution in [2.75, 3.05) is 6.61 Å². The molecule has 27 heavy (non-hydrogen) atoms. The zero-order chi connectivity index (χ0) is 19.0. The molecule has 0 unspecified atom stereocenters. The molecule has 1 amide bonds. The van der Waals surface area contributed by atoms with E-state index < -0.39 is 24.1 Å². The monoisotopic (exact) mass is 368 g/mol. The third kappa shape index (κ3) is 2.93. The maximum atomic E-state index is 14.0. The zero-order valence-corrected chi connectivity index (χ0v) is 13.8. The Morgan fingerprint density at radius 1 is 1.30 bits per heavy atom. The van der Waals surface area contributed by atoms with Crippen molar-refractivity contribution in [3.63, 3.8) is 0 Å². The summed E-state index contributed by atoms with van der Waals surface area (Å²) in [5.41, 5.74) is 0.810. The molecule has 4 rings (SSSR count). The Kier molecular flexibility index (Phi) is 4.13. The molecule has 0 saturated carbocycles. The lowest BCUT2D eigenvalue weighted by atomic mass is 10.1. The smallest absolute Gasteiger partial charge is 0.257 e. The third-order valence-electron chi connectivity index (χ3n) is 4.07. The van der Waals surface area contributed by atoms with Crippen molar-refractivity contribution in [2.24, 2.45) is 0 Å². The Morgan fingerprint density at radius 2 is 2.15 bits per heavy atom. The largest absolute Gasteiger partial charge is 0.458 e. The minimum Gasteiger partial charge on any atom is -0.458 e. The van der Waals surface area contributed by atoms with Crippen LogP contribution in [0.5, 0.6) is 0 Å². The van der Waals surface area contributed by atoms with E-state index in [1.807, 2.05) is 0 Å². The number of hydrogen-bond donors (Lipinski definition) is 2. The first-order chi connectivity index (χ1) is 13.1. The minimum absolute atomic E-state index is 0.0239. The average molecular weight is 368 g/mol. The van der Waals surface area contributed by atoms with E-state index in [1.165, 1.54) is 22.8 Å². The molecule has 3 heterocycles. The number of fused-ring (bicyclic) bond motifs is 2. The standard InChI is InChI=1S/C18H13FN4O4/c19-14-3-2-11(15(25)9-24)16-12(14)6-10(27-16)7-21-18(26)13-8-22-23-5-1-4-20-17(13)23/h1-6,8,24H,7,9H2,(H,21,26). The van der Waals surface area contributed by atoms with Gasteiger partial charge in [-0.05, 0) is 24.3 Å². The molecule has 0 aliphatic rings. The van der Waals surface area contributed by atoms with Crippen molar-refractivity contribution in [3.8, 4) is 0 Å². The van der Waals surface area contributed by atoms with Crippen LogP contribution in [0.3, 0.4) is 0 Å². The van der Waals surface area contributed by atoms with Crippen LogP contribution in [0.4, 0.5) is 4.39 Å². The molecule has 0 radical (unpaired) electrons. The first kappa shape index (κ1) is 16.9. The van der Waals surface area contributed by atoms with Gasteiger partial charge in [0.1, 0.15) is 29.3 Å². The van der Waals surface area contributed by atoms with E-state index in [4.69, 9.17) is 9.52 Å². The highest BCUT2D eigenvalue weighted by Crippen LogP contribution is 2.26. The van der Waals surface area contributed by atoms with Gasteiger partial charge in [0.05, 0.1) is 23.7 Å². The fourth-order valence-corrected chi connectivity index (χ4v) is 2.78. The van der Waals surface area contributed by atoms with E-state index in [9.17, 15) is 14.0 Å². The predicted molar refractivity (Wildman–Crippen MR) is 91.7 cm³/mol. The first-order valence-electron chi connectivity index (χ1n) is 8.00. The van der Waals surface area contributed by atoms with Crippen LogP contribution >= 0.6 is 0 Å². The number of aromatic nitrogens is 3. The van der Waals surface area contributed by atoms with Crippen molar-refractivity contribution in [1.29, 1.82) is 0 Å². The van der Waals surface area contributed by atoms with E-state index in [2.05, 4.69) is 15.4 Å². The number of carbonyl (C=O) groups excluding carboxylic acids is 2. The lowest BCUT2D eigenvalue weighted by molar-refractivity contribution is 0.0902. The van der Waals surface area contributed by atoms with Gasteiger partial charge >= 0.3 is 0 Å². The highest BCUT2D eigenvalue weighted by molar-refractivity contribution is 6.07. The van der Waals surface area contributed by atoms with Crippen LogP contribution in [0.15, 0.2) is 47.3 Å². The molecule has 3 aromatic heterocycles. The van der Waals surface area contributed by atoms with Crippen LogP contribution < -0.4 is 5.32 Å². The van der Waals surface area contributed by atoms with Gasteiger partial charge in [-0.25, -0.2) is 13.9 Å². The molecule has 9 heteroatoms. The van der Waals surface area contributed by atoms with Crippen molar-refractivity contribution >= 4 is 28.3 Å². The molecule has 0 saturated heterocycles. The quantitative estimate of drug-likeness (QED) is 0.519. The van der Waals surface area contributed by atoms with Crippen molar-refractivity contribution in [2.45, 2.75) is 6.54 Å². The van der Waals surface area contributed by atoms with Gasteiger partial charge in [-0.2, -0.15) is 5.10 Å². The molecule has 8 nitrogen and oxygen atoms in total. The Hall–Kier alpha value is -3.59. The van der Waals surface area contributed by atoms with Gasteiger partial charge in [0.15, 0.2) is 11.4 Å². The Labute approximate surface area is 151 Å². The lowest BCUT2D eigenvalue weighted by Crippen LogP contribution is -2.22. The van der Waals surface area contributed by atoms with E-state index >= 15 is 0 Å². The van der Waals surface area contributed by atoms with Gasteiger partial charge in [0.25, 0.3) is 5.91 Å². The summed E-state index contributed by atoms with van der Waals surface area (Å²) in [6.45, 7) is -0.737. The number of halogens is 1. The summed E-state index contributed by atoms with van der Waals surface area (Å²) in [5, 5.41) is 15.8. The lowest BCUT2D eigenvalue weighted by Gasteiger charge is -2.01. The summed E-state index contributed by atoms with van der Waals surface area (Å²) in [5.74, 6) is -1.30. The van der Waals surface area contributed by atoms with Crippen LogP contribution in [0.25, 0.3) is 16.6 Å². The number of aliphatic hydroxyl groups is 1. The number of nitrogens with zero attached hydrogens (tertiary/aromatic N) is 3. The number of amides is 1. The number of carbonyl (C=O) groups is 2. The first-order valence-corrected chi connectivity index (χ1v) is 8.00. The SMILES string of the molecule is O=C(CO)c1ccc(F)c2cc(CNC(=O)c3cnn4cccnc34)oc12. The fourth-order valence-electron chi connectivity index (χ4n) is 2.78. The van der Waals surface area contributed by atoms with Crippen molar-refractivity contribution < 1.29 is 23.5 Å². The molecule has 0 fully saturated rings. The molecule has 0 aliphatic carbocycles. The van der Waals surface area contributed by atoms with E-state index in [0.29, 0.717) is 5.65 Å². The van der Waals surface area contributed by atoms with Gasteiger partial charge in [0, 0.05) is 12.4 Å². The van der Waals surface area contributed by atoms with Gasteiger partial charge in [0.2, 0.25) is 0 Å². The topological polar surface area (TPSA) is 110 Å². The number of ketones is 1. The van der Waals surface area contributed by atoms with E-state index in [-0.39, 0.29) is 34.4 Å². The molecule has 1 aromatic carbocycles. The normalized spacial score (nSPS) is 11.2. The molecule has 136 valence electrons. The molecule has 0 aliphatic heterocycles. The number of nitrogens with one attached hydrogen (secondary N) is 1. The summed E-state index contributed by atoms with van der Waals surface area (Å²) < 4.78 is 21.0. The highest BCUT2D eigenvalue weighted by atomic mass is 19.1. The number of furan rings is 1. The fraction of sp³-hybridized carbons (Fsp3) is 0.111. The second-order valence-corrected chi connectivity index (χ2v) is 5.76. The molecule has 0 atom stereocenters. The molecule has 0 spiro atoms. The Bertz CT molecular complexity index is 1180. The summed E-state index contributed by atoms with van der Waals surface area (Å²) in [6.07, 6.45) is 4.62. The number of hydrogen-bond acceptors (Lipinski definition) is 6. The number of rotatable bonds is 5. The summed E-state index contributed by atoms with van der Waals surface area (Å²) >= 11 is 0. The van der Waals surface area contributed by atoms with Gasteiger partial charge < -0.3 is 14.8 Å². The maximum Gasteiger partial charge on any atom is 0.257 e. The number of benzene rings is 1.